The largest absolute Gasteiger partial charge is 0.452 e. The van der Waals surface area contributed by atoms with E-state index in [0.717, 1.165) is 23.5 Å². The number of hydrogen-bond donors (Lipinski definition) is 2. The molecule has 0 spiro atoms. The Bertz CT molecular complexity index is 1280. The molecule has 0 aliphatic heterocycles. The molecule has 1 aromatic heterocycles. The fourth-order valence-corrected chi connectivity index (χ4v) is 4.75. The van der Waals surface area contributed by atoms with E-state index in [1.807, 2.05) is 6.07 Å². The average Bonchev–Trinajstić information content (AvgIpc) is 3.13. The minimum atomic E-state index is -4.20. The highest BCUT2D eigenvalue weighted by molar-refractivity contribution is 7.89. The van der Waals surface area contributed by atoms with E-state index in [2.05, 4.69) is 10.3 Å². The number of esters is 1. The molecule has 0 unspecified atom stereocenters. The number of anilines is 1. The molecule has 0 saturated heterocycles. The summed E-state index contributed by atoms with van der Waals surface area (Å²) in [6.45, 7) is -0.663. The number of benzene rings is 2. The summed E-state index contributed by atoms with van der Waals surface area (Å²) < 4.78 is 28.0. The van der Waals surface area contributed by atoms with Crippen LogP contribution >= 0.6 is 46.1 Å². The number of ether oxygens (including phenoxy) is 1. The van der Waals surface area contributed by atoms with Crippen molar-refractivity contribution in [2.45, 2.75) is 4.90 Å². The summed E-state index contributed by atoms with van der Waals surface area (Å²) >= 11 is 19.0. The third kappa shape index (κ3) is 5.73. The summed E-state index contributed by atoms with van der Waals surface area (Å²) in [4.78, 5) is 28.1. The summed E-state index contributed by atoms with van der Waals surface area (Å²) in [5.74, 6) is -1.69. The van der Waals surface area contributed by atoms with Gasteiger partial charge in [-0.1, -0.05) is 53.0 Å². The molecule has 0 fully saturated rings. The summed E-state index contributed by atoms with van der Waals surface area (Å²) in [6.07, 6.45) is 0. The summed E-state index contributed by atoms with van der Waals surface area (Å²) in [6, 6.07) is 9.03. The van der Waals surface area contributed by atoms with Gasteiger partial charge in [-0.15, -0.1) is 11.3 Å². The molecule has 162 valence electrons. The van der Waals surface area contributed by atoms with E-state index in [-0.39, 0.29) is 20.7 Å². The first-order valence-corrected chi connectivity index (χ1v) is 11.8. The molecule has 0 saturated carbocycles. The lowest BCUT2D eigenvalue weighted by molar-refractivity contribution is -0.119. The second kappa shape index (κ2) is 9.51. The molecule has 3 aromatic rings. The van der Waals surface area contributed by atoms with Crippen molar-refractivity contribution in [3.8, 4) is 11.3 Å². The average molecular weight is 521 g/mol. The molecule has 3 rings (SSSR count). The van der Waals surface area contributed by atoms with E-state index in [1.165, 1.54) is 0 Å². The zero-order valence-corrected chi connectivity index (χ0v) is 19.2. The molecular formula is C18H12Cl3N3O5S2. The molecule has 0 aliphatic carbocycles. The number of nitrogens with one attached hydrogen (secondary N) is 1. The van der Waals surface area contributed by atoms with Gasteiger partial charge >= 0.3 is 5.97 Å². The topological polar surface area (TPSA) is 128 Å². The predicted octanol–water partition coefficient (Wildman–Crippen LogP) is 4.21. The van der Waals surface area contributed by atoms with Crippen LogP contribution in [-0.2, 0) is 19.6 Å². The Balaban J connectivity index is 1.66. The van der Waals surface area contributed by atoms with E-state index in [9.17, 15) is 18.0 Å². The number of aromatic nitrogens is 1. The monoisotopic (exact) mass is 519 g/mol. The van der Waals surface area contributed by atoms with Crippen LogP contribution in [0.25, 0.3) is 11.3 Å². The molecule has 0 bridgehead atoms. The Morgan fingerprint density at radius 3 is 2.48 bits per heavy atom. The minimum Gasteiger partial charge on any atom is -0.452 e. The second-order valence-electron chi connectivity index (χ2n) is 5.95. The second-order valence-corrected chi connectivity index (χ2v) is 9.56. The van der Waals surface area contributed by atoms with E-state index in [1.54, 1.807) is 23.6 Å². The zero-order valence-electron chi connectivity index (χ0n) is 15.3. The van der Waals surface area contributed by atoms with E-state index >= 15 is 0 Å². The molecule has 31 heavy (non-hydrogen) atoms. The smallest absolute Gasteiger partial charge is 0.340 e. The fraction of sp³-hybridized carbons (Fsp3) is 0.0556. The van der Waals surface area contributed by atoms with Gasteiger partial charge in [0.05, 0.1) is 21.3 Å². The lowest BCUT2D eigenvalue weighted by Crippen LogP contribution is -2.21. The van der Waals surface area contributed by atoms with Gasteiger partial charge in [0.15, 0.2) is 11.7 Å². The zero-order chi connectivity index (χ0) is 22.8. The molecule has 1 amide bonds. The summed E-state index contributed by atoms with van der Waals surface area (Å²) in [5.41, 5.74) is 0.972. The highest BCUT2D eigenvalue weighted by Gasteiger charge is 2.21. The number of halogens is 3. The van der Waals surface area contributed by atoms with Gasteiger partial charge in [0.2, 0.25) is 10.0 Å². The van der Waals surface area contributed by atoms with Crippen molar-refractivity contribution in [3.05, 3.63) is 62.4 Å². The van der Waals surface area contributed by atoms with Gasteiger partial charge < -0.3 is 4.74 Å². The number of nitrogens with two attached hydrogens (primary N) is 1. The highest BCUT2D eigenvalue weighted by Crippen LogP contribution is 2.30. The van der Waals surface area contributed by atoms with Crippen molar-refractivity contribution in [1.29, 1.82) is 0 Å². The third-order valence-electron chi connectivity index (χ3n) is 3.78. The van der Waals surface area contributed by atoms with Crippen LogP contribution in [0.4, 0.5) is 5.13 Å². The normalized spacial score (nSPS) is 11.2. The molecular weight excluding hydrogens is 509 g/mol. The van der Waals surface area contributed by atoms with Crippen molar-refractivity contribution in [2.75, 3.05) is 11.9 Å². The number of carbonyl (C=O) groups excluding carboxylic acids is 2. The SMILES string of the molecule is NS(=O)(=O)c1cc(C(=O)OCC(=O)Nc2nc(-c3ccccc3Cl)cs2)c(Cl)cc1Cl. The van der Waals surface area contributed by atoms with Gasteiger partial charge in [0.25, 0.3) is 5.91 Å². The Morgan fingerprint density at radius 1 is 1.10 bits per heavy atom. The number of primary sulfonamides is 1. The molecule has 8 nitrogen and oxygen atoms in total. The number of hydrogen-bond acceptors (Lipinski definition) is 7. The molecule has 0 radical (unpaired) electrons. The molecule has 3 N–H and O–H groups in total. The lowest BCUT2D eigenvalue weighted by Gasteiger charge is -2.09. The van der Waals surface area contributed by atoms with Crippen LogP contribution in [0, 0.1) is 0 Å². The maximum Gasteiger partial charge on any atom is 0.340 e. The van der Waals surface area contributed by atoms with E-state index < -0.39 is 33.4 Å². The van der Waals surface area contributed by atoms with Crippen molar-refractivity contribution in [3.63, 3.8) is 0 Å². The maximum absolute atomic E-state index is 12.2. The number of carbonyl (C=O) groups is 2. The standard InChI is InChI=1S/C18H12Cl3N3O5S2/c19-11-4-2-1-3-9(11)14-8-30-18(23-14)24-16(25)7-29-17(26)10-5-15(31(22,27)28)13(21)6-12(10)20/h1-6,8H,7H2,(H2,22,27,28)(H,23,24,25). The van der Waals surface area contributed by atoms with Crippen LogP contribution in [0.15, 0.2) is 46.7 Å². The number of rotatable bonds is 6. The summed E-state index contributed by atoms with van der Waals surface area (Å²) in [7, 11) is -4.20. The first-order valence-electron chi connectivity index (χ1n) is 8.25. The molecule has 0 atom stereocenters. The van der Waals surface area contributed by atoms with Gasteiger partial charge in [-0.25, -0.2) is 23.3 Å². The Morgan fingerprint density at radius 2 is 1.81 bits per heavy atom. The van der Waals surface area contributed by atoms with E-state index in [4.69, 9.17) is 44.7 Å². The van der Waals surface area contributed by atoms with Crippen LogP contribution in [0.3, 0.4) is 0 Å². The lowest BCUT2D eigenvalue weighted by atomic mass is 10.2. The Hall–Kier alpha value is -2.21. The molecule has 13 heteroatoms. The number of thiazole rings is 1. The van der Waals surface area contributed by atoms with Crippen molar-refractivity contribution in [2.24, 2.45) is 5.14 Å². The van der Waals surface area contributed by atoms with Crippen LogP contribution < -0.4 is 10.5 Å². The molecule has 2 aromatic carbocycles. The molecule has 0 aliphatic rings. The number of nitrogens with zero attached hydrogens (tertiary/aromatic N) is 1. The first-order chi connectivity index (χ1) is 14.6. The van der Waals surface area contributed by atoms with Gasteiger partial charge in [-0.05, 0) is 18.2 Å². The Kier molecular flexibility index (Phi) is 7.20. The minimum absolute atomic E-state index is 0.160. The Labute approximate surface area is 195 Å². The van der Waals surface area contributed by atoms with Gasteiger partial charge in [0.1, 0.15) is 4.90 Å². The van der Waals surface area contributed by atoms with Gasteiger partial charge in [-0.3, -0.25) is 10.1 Å². The maximum atomic E-state index is 12.2. The third-order valence-corrected chi connectivity index (χ3v) is 6.56. The van der Waals surface area contributed by atoms with Crippen LogP contribution in [0.2, 0.25) is 15.1 Å². The van der Waals surface area contributed by atoms with Crippen molar-refractivity contribution in [1.82, 2.24) is 4.98 Å². The highest BCUT2D eigenvalue weighted by atomic mass is 35.5. The quantitative estimate of drug-likeness (QED) is 0.468. The van der Waals surface area contributed by atoms with Crippen LogP contribution in [-0.4, -0.2) is 31.9 Å². The number of amides is 1. The predicted molar refractivity (Wildman–Crippen MR) is 119 cm³/mol. The number of sulfonamides is 1. The first kappa shape index (κ1) is 23.5. The van der Waals surface area contributed by atoms with Crippen molar-refractivity contribution < 1.29 is 22.7 Å². The summed E-state index contributed by atoms with van der Waals surface area (Å²) in [5, 5.41) is 9.64. The van der Waals surface area contributed by atoms with Crippen molar-refractivity contribution >= 4 is 73.2 Å². The van der Waals surface area contributed by atoms with Gasteiger partial charge in [-0.2, -0.15) is 0 Å². The van der Waals surface area contributed by atoms with Gasteiger partial charge in [0, 0.05) is 16.0 Å². The molecule has 1 heterocycles. The van der Waals surface area contributed by atoms with E-state index in [0.29, 0.717) is 16.3 Å². The van der Waals surface area contributed by atoms with Crippen LogP contribution in [0.1, 0.15) is 10.4 Å². The van der Waals surface area contributed by atoms with Crippen LogP contribution in [0.5, 0.6) is 0 Å². The fourth-order valence-electron chi connectivity index (χ4n) is 2.39.